The second-order valence-corrected chi connectivity index (χ2v) is 8.24. The third-order valence-electron chi connectivity index (χ3n) is 4.95. The first-order valence-electron chi connectivity index (χ1n) is 9.85. The van der Waals surface area contributed by atoms with Crippen LogP contribution in [0.1, 0.15) is 64.8 Å². The minimum Gasteiger partial charge on any atom is -0.462 e. The number of aromatic nitrogens is 2. The molecule has 1 aliphatic carbocycles. The highest BCUT2D eigenvalue weighted by molar-refractivity contribution is 7.17. The molecule has 0 radical (unpaired) electrons. The molecule has 0 atom stereocenters. The number of thiophene rings is 1. The van der Waals surface area contributed by atoms with Gasteiger partial charge in [-0.05, 0) is 44.6 Å². The van der Waals surface area contributed by atoms with E-state index in [1.165, 1.54) is 18.3 Å². The summed E-state index contributed by atoms with van der Waals surface area (Å²) in [4.78, 5) is 36.4. The number of anilines is 1. The molecule has 0 aliphatic heterocycles. The van der Waals surface area contributed by atoms with Crippen LogP contribution in [0.2, 0.25) is 0 Å². The molecule has 9 nitrogen and oxygen atoms in total. The Hall–Kier alpha value is -2.89. The van der Waals surface area contributed by atoms with Crippen LogP contribution in [0, 0.1) is 17.0 Å². The Morgan fingerprint density at radius 3 is 2.68 bits per heavy atom. The minimum atomic E-state index is -3.15. The summed E-state index contributed by atoms with van der Waals surface area (Å²) in [5.74, 6) is -1.15. The number of rotatable bonds is 8. The Morgan fingerprint density at radius 1 is 1.35 bits per heavy atom. The summed E-state index contributed by atoms with van der Waals surface area (Å²) in [5, 5.41) is 17.7. The maximum atomic E-state index is 13.1. The fourth-order valence-electron chi connectivity index (χ4n) is 3.53. The van der Waals surface area contributed by atoms with Crippen LogP contribution < -0.4 is 5.32 Å². The molecule has 0 saturated carbocycles. The molecule has 12 heteroatoms. The third-order valence-corrected chi connectivity index (χ3v) is 6.16. The molecule has 1 amide bonds. The number of ether oxygens (including phenoxy) is 1. The van der Waals surface area contributed by atoms with Gasteiger partial charge in [-0.25, -0.2) is 13.6 Å². The number of halogens is 2. The molecule has 3 rings (SSSR count). The SMILES string of the molecule is CCCOC(=O)c1c(NC(=O)Cn2nc(C(F)F)c([N+](=O)[O-])c2C)sc2c1CCCC2. The van der Waals surface area contributed by atoms with Crippen molar-refractivity contribution in [2.24, 2.45) is 0 Å². The monoisotopic (exact) mass is 456 g/mol. The first-order valence-corrected chi connectivity index (χ1v) is 10.7. The zero-order valence-electron chi connectivity index (χ0n) is 17.1. The molecule has 0 aromatic carbocycles. The summed E-state index contributed by atoms with van der Waals surface area (Å²) in [7, 11) is 0. The van der Waals surface area contributed by atoms with E-state index in [9.17, 15) is 28.5 Å². The Bertz CT molecular complexity index is 1020. The van der Waals surface area contributed by atoms with E-state index in [1.807, 2.05) is 6.92 Å². The normalized spacial score (nSPS) is 13.2. The van der Waals surface area contributed by atoms with Gasteiger partial charge in [-0.15, -0.1) is 11.3 Å². The number of nitrogens with one attached hydrogen (secondary N) is 1. The molecule has 0 fully saturated rings. The van der Waals surface area contributed by atoms with Crippen LogP contribution >= 0.6 is 11.3 Å². The smallest absolute Gasteiger partial charge is 0.341 e. The van der Waals surface area contributed by atoms with Gasteiger partial charge in [0.25, 0.3) is 6.43 Å². The number of carbonyl (C=O) groups is 2. The van der Waals surface area contributed by atoms with E-state index < -0.39 is 41.2 Å². The summed E-state index contributed by atoms with van der Waals surface area (Å²) in [6.45, 7) is 2.87. The van der Waals surface area contributed by atoms with Crippen molar-refractivity contribution in [3.05, 3.63) is 37.5 Å². The predicted molar refractivity (Wildman–Crippen MR) is 109 cm³/mol. The fourth-order valence-corrected chi connectivity index (χ4v) is 4.82. The highest BCUT2D eigenvalue weighted by Crippen LogP contribution is 2.39. The predicted octanol–water partition coefficient (Wildman–Crippen LogP) is 4.18. The van der Waals surface area contributed by atoms with Crippen molar-refractivity contribution in [1.29, 1.82) is 0 Å². The highest BCUT2D eigenvalue weighted by Gasteiger charge is 2.32. The quantitative estimate of drug-likeness (QED) is 0.362. The van der Waals surface area contributed by atoms with Gasteiger partial charge in [0.1, 0.15) is 17.2 Å². The van der Waals surface area contributed by atoms with Gasteiger partial charge >= 0.3 is 11.7 Å². The number of amides is 1. The van der Waals surface area contributed by atoms with Crippen molar-refractivity contribution in [1.82, 2.24) is 9.78 Å². The molecule has 0 bridgehead atoms. The van der Waals surface area contributed by atoms with Crippen molar-refractivity contribution in [2.45, 2.75) is 58.9 Å². The number of nitrogens with zero attached hydrogens (tertiary/aromatic N) is 3. The summed E-state index contributed by atoms with van der Waals surface area (Å²) in [5.41, 5.74) is -0.732. The number of hydrogen-bond donors (Lipinski definition) is 1. The van der Waals surface area contributed by atoms with Gasteiger partial charge in [0, 0.05) is 4.88 Å². The lowest BCUT2D eigenvalue weighted by atomic mass is 9.95. The van der Waals surface area contributed by atoms with Gasteiger partial charge < -0.3 is 10.1 Å². The topological polar surface area (TPSA) is 116 Å². The second kappa shape index (κ2) is 9.50. The number of esters is 1. The molecular formula is C19H22F2N4O5S. The zero-order chi connectivity index (χ0) is 22.7. The molecule has 1 N–H and O–H groups in total. The number of fused-ring (bicyclic) bond motifs is 1. The molecule has 0 unspecified atom stereocenters. The first kappa shape index (κ1) is 22.8. The summed E-state index contributed by atoms with van der Waals surface area (Å²) >= 11 is 1.29. The van der Waals surface area contributed by atoms with E-state index in [1.54, 1.807) is 0 Å². The molecule has 2 aromatic rings. The Balaban J connectivity index is 1.86. The largest absolute Gasteiger partial charge is 0.462 e. The van der Waals surface area contributed by atoms with Crippen LogP contribution in [0.25, 0.3) is 0 Å². The lowest BCUT2D eigenvalue weighted by Gasteiger charge is -2.12. The standard InChI is InChI=1S/C19H22F2N4O5S/c1-3-8-30-19(27)14-11-6-4-5-7-12(11)31-18(14)22-13(26)9-24-10(2)16(25(28)29)15(23-24)17(20)21/h17H,3-9H2,1-2H3,(H,22,26). The van der Waals surface area contributed by atoms with E-state index >= 15 is 0 Å². The van der Waals surface area contributed by atoms with Gasteiger partial charge in [0.2, 0.25) is 11.6 Å². The van der Waals surface area contributed by atoms with Crippen LogP contribution in [-0.4, -0.2) is 33.2 Å². The van der Waals surface area contributed by atoms with Crippen LogP contribution in [0.5, 0.6) is 0 Å². The zero-order valence-corrected chi connectivity index (χ0v) is 17.9. The fraction of sp³-hybridized carbons (Fsp3) is 0.526. The number of hydrogen-bond acceptors (Lipinski definition) is 7. The lowest BCUT2D eigenvalue weighted by molar-refractivity contribution is -0.386. The van der Waals surface area contributed by atoms with Crippen molar-refractivity contribution in [2.75, 3.05) is 11.9 Å². The summed E-state index contributed by atoms with van der Waals surface area (Å²) in [6, 6.07) is 0. The van der Waals surface area contributed by atoms with E-state index in [0.717, 1.165) is 34.4 Å². The molecule has 2 heterocycles. The van der Waals surface area contributed by atoms with E-state index in [4.69, 9.17) is 4.74 Å². The molecule has 168 valence electrons. The molecule has 31 heavy (non-hydrogen) atoms. The summed E-state index contributed by atoms with van der Waals surface area (Å²) < 4.78 is 32.4. The maximum absolute atomic E-state index is 13.1. The lowest BCUT2D eigenvalue weighted by Crippen LogP contribution is -2.21. The minimum absolute atomic E-state index is 0.150. The number of carbonyl (C=O) groups excluding carboxylic acids is 2. The number of aryl methyl sites for hydroxylation is 1. The van der Waals surface area contributed by atoms with Crippen LogP contribution in [0.15, 0.2) is 0 Å². The van der Waals surface area contributed by atoms with E-state index in [0.29, 0.717) is 23.4 Å². The van der Waals surface area contributed by atoms with Crippen molar-refractivity contribution in [3.8, 4) is 0 Å². The van der Waals surface area contributed by atoms with Gasteiger partial charge in [-0.2, -0.15) is 5.10 Å². The van der Waals surface area contributed by atoms with Crippen LogP contribution in [-0.2, 0) is 28.9 Å². The van der Waals surface area contributed by atoms with E-state index in [-0.39, 0.29) is 12.3 Å². The van der Waals surface area contributed by atoms with Crippen molar-refractivity contribution in [3.63, 3.8) is 0 Å². The molecule has 0 spiro atoms. The van der Waals surface area contributed by atoms with Crippen LogP contribution in [0.4, 0.5) is 19.5 Å². The maximum Gasteiger partial charge on any atom is 0.341 e. The Kier molecular flexibility index (Phi) is 6.98. The van der Waals surface area contributed by atoms with Crippen molar-refractivity contribution < 1.29 is 28.0 Å². The van der Waals surface area contributed by atoms with Crippen molar-refractivity contribution >= 4 is 33.9 Å². The third kappa shape index (κ3) is 4.73. The van der Waals surface area contributed by atoms with Gasteiger partial charge in [-0.3, -0.25) is 19.6 Å². The average Bonchev–Trinajstić information content (AvgIpc) is 3.23. The van der Waals surface area contributed by atoms with Gasteiger partial charge in [0.15, 0.2) is 0 Å². The number of nitro groups is 1. The average molecular weight is 456 g/mol. The van der Waals surface area contributed by atoms with E-state index in [2.05, 4.69) is 10.4 Å². The molecule has 0 saturated heterocycles. The van der Waals surface area contributed by atoms with Gasteiger partial charge in [-0.1, -0.05) is 6.92 Å². The molecule has 1 aliphatic rings. The molecule has 2 aromatic heterocycles. The Morgan fingerprint density at radius 2 is 2.06 bits per heavy atom. The summed E-state index contributed by atoms with van der Waals surface area (Å²) in [6.07, 6.45) is 0.928. The first-order chi connectivity index (χ1) is 14.7. The number of alkyl halides is 2. The highest BCUT2D eigenvalue weighted by atomic mass is 32.1. The molecular weight excluding hydrogens is 434 g/mol. The van der Waals surface area contributed by atoms with Crippen LogP contribution in [0.3, 0.4) is 0 Å². The Labute approximate surface area is 180 Å². The second-order valence-electron chi connectivity index (χ2n) is 7.13. The van der Waals surface area contributed by atoms with Gasteiger partial charge in [0.05, 0.1) is 17.1 Å².